The molecule has 0 atom stereocenters. The van der Waals surface area contributed by atoms with Crippen molar-refractivity contribution in [1.29, 1.82) is 0 Å². The zero-order valence-corrected chi connectivity index (χ0v) is 13.2. The van der Waals surface area contributed by atoms with Crippen LogP contribution in [0, 0.1) is 5.92 Å². The van der Waals surface area contributed by atoms with E-state index >= 15 is 0 Å². The lowest BCUT2D eigenvalue weighted by Gasteiger charge is -2.11. The minimum atomic E-state index is 0.531. The van der Waals surface area contributed by atoms with E-state index in [2.05, 4.69) is 41.3 Å². The van der Waals surface area contributed by atoms with Gasteiger partial charge < -0.3 is 10.1 Å². The number of aromatic nitrogens is 2. The molecule has 1 saturated carbocycles. The Morgan fingerprint density at radius 2 is 2.14 bits per heavy atom. The molecule has 4 nitrogen and oxygen atoms in total. The molecule has 3 rings (SSSR count). The molecule has 2 aromatic rings. The molecule has 0 unspecified atom stereocenters. The van der Waals surface area contributed by atoms with Crippen LogP contribution in [0.5, 0.6) is 5.75 Å². The number of nitrogens with one attached hydrogen (secondary N) is 1. The van der Waals surface area contributed by atoms with Gasteiger partial charge in [-0.25, -0.2) is 9.97 Å². The molecule has 0 radical (unpaired) electrons. The van der Waals surface area contributed by atoms with E-state index in [-0.39, 0.29) is 0 Å². The lowest BCUT2D eigenvalue weighted by atomic mass is 10.2. The van der Waals surface area contributed by atoms with E-state index in [4.69, 9.17) is 4.74 Å². The molecule has 1 aromatic heterocycles. The summed E-state index contributed by atoms with van der Waals surface area (Å²) >= 11 is 0. The molecule has 1 fully saturated rings. The van der Waals surface area contributed by atoms with Crippen molar-refractivity contribution >= 4 is 5.82 Å². The molecule has 0 amide bonds. The first kappa shape index (κ1) is 14.8. The zero-order chi connectivity index (χ0) is 15.4. The van der Waals surface area contributed by atoms with Crippen LogP contribution in [0.15, 0.2) is 36.5 Å². The largest absolute Gasteiger partial charge is 0.493 e. The summed E-state index contributed by atoms with van der Waals surface area (Å²) in [4.78, 5) is 8.92. The summed E-state index contributed by atoms with van der Waals surface area (Å²) in [6.45, 7) is 5.78. The third kappa shape index (κ3) is 4.20. The Hall–Kier alpha value is -2.10. The highest BCUT2D eigenvalue weighted by molar-refractivity contribution is 5.37. The fraction of sp³-hybridized carbons (Fsp3) is 0.444. The number of ether oxygens (including phenoxy) is 1. The first-order valence-electron chi connectivity index (χ1n) is 7.99. The molecule has 0 spiro atoms. The van der Waals surface area contributed by atoms with Crippen LogP contribution in [0.3, 0.4) is 0 Å². The Balaban J connectivity index is 1.58. The molecule has 0 saturated heterocycles. The average molecular weight is 297 g/mol. The van der Waals surface area contributed by atoms with Crippen molar-refractivity contribution in [3.05, 3.63) is 47.9 Å². The highest BCUT2D eigenvalue weighted by Gasteiger charge is 2.26. The molecule has 116 valence electrons. The van der Waals surface area contributed by atoms with E-state index in [1.165, 1.54) is 18.4 Å². The average Bonchev–Trinajstić information content (AvgIpc) is 3.37. The smallest absolute Gasteiger partial charge is 0.133 e. The minimum Gasteiger partial charge on any atom is -0.493 e. The predicted octanol–water partition coefficient (Wildman–Crippen LogP) is 4.00. The minimum absolute atomic E-state index is 0.531. The number of anilines is 1. The highest BCUT2D eigenvalue weighted by Crippen LogP contribution is 2.38. The molecule has 1 heterocycles. The lowest BCUT2D eigenvalue weighted by Crippen LogP contribution is -2.06. The van der Waals surface area contributed by atoms with Crippen LogP contribution in [0.2, 0.25) is 0 Å². The van der Waals surface area contributed by atoms with E-state index in [0.29, 0.717) is 11.8 Å². The van der Waals surface area contributed by atoms with Crippen molar-refractivity contribution in [2.75, 3.05) is 11.9 Å². The molecular formula is C18H23N3O. The van der Waals surface area contributed by atoms with Crippen molar-refractivity contribution in [2.45, 2.75) is 39.2 Å². The normalized spacial score (nSPS) is 14.1. The summed E-state index contributed by atoms with van der Waals surface area (Å²) in [6, 6.07) is 10.1. The molecule has 0 bridgehead atoms. The van der Waals surface area contributed by atoms with E-state index in [0.717, 1.165) is 30.5 Å². The van der Waals surface area contributed by atoms with Gasteiger partial charge in [-0.1, -0.05) is 26.0 Å². The molecule has 1 aliphatic rings. The summed E-state index contributed by atoms with van der Waals surface area (Å²) in [7, 11) is 0. The Bertz CT molecular complexity index is 623. The Labute approximate surface area is 132 Å². The van der Waals surface area contributed by atoms with E-state index in [1.807, 2.05) is 24.4 Å². The highest BCUT2D eigenvalue weighted by atomic mass is 16.5. The topological polar surface area (TPSA) is 47.0 Å². The summed E-state index contributed by atoms with van der Waals surface area (Å²) in [6.07, 6.45) is 4.28. The van der Waals surface area contributed by atoms with Gasteiger partial charge in [0.2, 0.25) is 0 Å². The summed E-state index contributed by atoms with van der Waals surface area (Å²) < 4.78 is 5.77. The van der Waals surface area contributed by atoms with Crippen LogP contribution >= 0.6 is 0 Å². The lowest BCUT2D eigenvalue weighted by molar-refractivity contribution is 0.271. The van der Waals surface area contributed by atoms with Crippen LogP contribution < -0.4 is 10.1 Å². The van der Waals surface area contributed by atoms with Gasteiger partial charge in [-0.15, -0.1) is 0 Å². The van der Waals surface area contributed by atoms with Crippen LogP contribution in [0.25, 0.3) is 0 Å². The third-order valence-corrected chi connectivity index (χ3v) is 3.57. The molecule has 0 aliphatic heterocycles. The van der Waals surface area contributed by atoms with Gasteiger partial charge in [-0.05, 0) is 42.5 Å². The maximum Gasteiger partial charge on any atom is 0.133 e. The van der Waals surface area contributed by atoms with Crippen molar-refractivity contribution in [2.24, 2.45) is 5.92 Å². The van der Waals surface area contributed by atoms with Gasteiger partial charge in [0.05, 0.1) is 6.61 Å². The van der Waals surface area contributed by atoms with Crippen molar-refractivity contribution < 1.29 is 4.74 Å². The Kier molecular flexibility index (Phi) is 4.56. The molecule has 22 heavy (non-hydrogen) atoms. The number of hydrogen-bond acceptors (Lipinski definition) is 4. The standard InChI is InChI=1S/C18H23N3O/c1-13(2)12-22-16-5-3-4-14(10-16)11-20-17-8-9-19-18(21-17)15-6-7-15/h3-5,8-10,13,15H,6-7,11-12H2,1-2H3,(H,19,20,21). The first-order valence-corrected chi connectivity index (χ1v) is 7.99. The van der Waals surface area contributed by atoms with Gasteiger partial charge in [-0.3, -0.25) is 0 Å². The zero-order valence-electron chi connectivity index (χ0n) is 13.2. The quantitative estimate of drug-likeness (QED) is 0.839. The fourth-order valence-electron chi connectivity index (χ4n) is 2.21. The van der Waals surface area contributed by atoms with Crippen molar-refractivity contribution in [3.8, 4) is 5.75 Å². The Morgan fingerprint density at radius 1 is 1.27 bits per heavy atom. The number of rotatable bonds is 7. The van der Waals surface area contributed by atoms with Gasteiger partial charge in [0, 0.05) is 18.7 Å². The number of hydrogen-bond donors (Lipinski definition) is 1. The molecule has 1 aliphatic carbocycles. The van der Waals surface area contributed by atoms with E-state index in [1.54, 1.807) is 0 Å². The van der Waals surface area contributed by atoms with Gasteiger partial charge in [-0.2, -0.15) is 0 Å². The molecule has 1 aromatic carbocycles. The summed E-state index contributed by atoms with van der Waals surface area (Å²) in [5.74, 6) is 3.90. The number of nitrogens with zero attached hydrogens (tertiary/aromatic N) is 2. The summed E-state index contributed by atoms with van der Waals surface area (Å²) in [5, 5.41) is 3.37. The van der Waals surface area contributed by atoms with Crippen molar-refractivity contribution in [3.63, 3.8) is 0 Å². The van der Waals surface area contributed by atoms with Crippen LogP contribution in [-0.4, -0.2) is 16.6 Å². The van der Waals surface area contributed by atoms with E-state index < -0.39 is 0 Å². The van der Waals surface area contributed by atoms with Crippen LogP contribution in [0.4, 0.5) is 5.82 Å². The predicted molar refractivity (Wildman–Crippen MR) is 88.1 cm³/mol. The summed E-state index contributed by atoms with van der Waals surface area (Å²) in [5.41, 5.74) is 1.19. The van der Waals surface area contributed by atoms with Gasteiger partial charge >= 0.3 is 0 Å². The van der Waals surface area contributed by atoms with E-state index in [9.17, 15) is 0 Å². The Morgan fingerprint density at radius 3 is 2.91 bits per heavy atom. The second-order valence-corrected chi connectivity index (χ2v) is 6.28. The molecular weight excluding hydrogens is 274 g/mol. The van der Waals surface area contributed by atoms with Crippen molar-refractivity contribution in [1.82, 2.24) is 9.97 Å². The monoisotopic (exact) mass is 297 g/mol. The molecule has 4 heteroatoms. The van der Waals surface area contributed by atoms with Gasteiger partial charge in [0.25, 0.3) is 0 Å². The number of benzene rings is 1. The second kappa shape index (κ2) is 6.77. The van der Waals surface area contributed by atoms with Gasteiger partial charge in [0.15, 0.2) is 0 Å². The molecule has 1 N–H and O–H groups in total. The van der Waals surface area contributed by atoms with Crippen LogP contribution in [0.1, 0.15) is 44.0 Å². The fourth-order valence-corrected chi connectivity index (χ4v) is 2.21. The first-order chi connectivity index (χ1) is 10.7. The van der Waals surface area contributed by atoms with Crippen LogP contribution in [-0.2, 0) is 6.54 Å². The maximum atomic E-state index is 5.77. The third-order valence-electron chi connectivity index (χ3n) is 3.57. The SMILES string of the molecule is CC(C)COc1cccc(CNc2ccnc(C3CC3)n2)c1. The second-order valence-electron chi connectivity index (χ2n) is 6.28. The maximum absolute atomic E-state index is 5.77. The van der Waals surface area contributed by atoms with Gasteiger partial charge in [0.1, 0.15) is 17.4 Å².